The molecule has 3 nitrogen and oxygen atoms in total. The van der Waals surface area contributed by atoms with Gasteiger partial charge in [0, 0.05) is 19.4 Å². The van der Waals surface area contributed by atoms with Gasteiger partial charge in [-0.25, -0.2) is 5.48 Å². The third-order valence-electron chi connectivity index (χ3n) is 0.566. The van der Waals surface area contributed by atoms with Crippen molar-refractivity contribution in [2.24, 2.45) is 0 Å². The van der Waals surface area contributed by atoms with Gasteiger partial charge >= 0.3 is 0 Å². The summed E-state index contributed by atoms with van der Waals surface area (Å²) in [6.07, 6.45) is 3.50. The molecule has 0 spiro atoms. The van der Waals surface area contributed by atoms with Crippen molar-refractivity contribution in [3.8, 4) is 0 Å². The first-order valence-electron chi connectivity index (χ1n) is 4.57. The Labute approximate surface area is 81.8 Å². The maximum atomic E-state index is 7.32. The second kappa shape index (κ2) is 30.5. The molecule has 78 valence electrons. The molecule has 1 heterocycles. The van der Waals surface area contributed by atoms with Crippen LogP contribution in [0, 0.1) is 0 Å². The topological polar surface area (TPSA) is 45.1 Å². The standard InChI is InChI=1S/C5H5N.2C2H6.CH5NO/c1-2-4-6-5-3-1;2*1-2;1-2-3/h1-5H;2*1-2H3;2-3H,1H3. The van der Waals surface area contributed by atoms with Crippen LogP contribution in [0.2, 0.25) is 0 Å². The summed E-state index contributed by atoms with van der Waals surface area (Å²) < 4.78 is 0. The van der Waals surface area contributed by atoms with Crippen LogP contribution in [-0.2, 0) is 0 Å². The van der Waals surface area contributed by atoms with Gasteiger partial charge in [-0.1, -0.05) is 33.8 Å². The lowest BCUT2D eigenvalue weighted by atomic mass is 10.5. The lowest BCUT2D eigenvalue weighted by molar-refractivity contribution is 0.194. The van der Waals surface area contributed by atoms with Crippen LogP contribution in [0.5, 0.6) is 0 Å². The normalized spacial score (nSPS) is 6.00. The molecule has 0 aliphatic heterocycles. The van der Waals surface area contributed by atoms with Gasteiger partial charge in [0.2, 0.25) is 0 Å². The molecule has 0 amide bonds. The first-order valence-corrected chi connectivity index (χ1v) is 4.57. The lowest BCUT2D eigenvalue weighted by Gasteiger charge is -1.70. The summed E-state index contributed by atoms with van der Waals surface area (Å²) in [5.74, 6) is 0. The Bertz CT molecular complexity index is 95.8. The van der Waals surface area contributed by atoms with E-state index in [0.29, 0.717) is 0 Å². The van der Waals surface area contributed by atoms with Crippen LogP contribution < -0.4 is 5.48 Å². The Morgan fingerprint density at radius 3 is 1.31 bits per heavy atom. The van der Waals surface area contributed by atoms with Gasteiger partial charge in [-0.15, -0.1) is 0 Å². The minimum Gasteiger partial charge on any atom is -0.317 e. The van der Waals surface area contributed by atoms with Crippen LogP contribution in [-0.4, -0.2) is 17.2 Å². The monoisotopic (exact) mass is 186 g/mol. The Kier molecular flexibility index (Phi) is 42.1. The molecule has 0 aliphatic rings. The van der Waals surface area contributed by atoms with E-state index < -0.39 is 0 Å². The maximum Gasteiger partial charge on any atom is 0.0267 e. The Hall–Kier alpha value is -0.930. The van der Waals surface area contributed by atoms with Crippen molar-refractivity contribution in [2.45, 2.75) is 27.7 Å². The van der Waals surface area contributed by atoms with Crippen molar-refractivity contribution in [1.29, 1.82) is 0 Å². The number of hydroxylamine groups is 1. The molecule has 0 fully saturated rings. The van der Waals surface area contributed by atoms with Crippen molar-refractivity contribution < 1.29 is 5.21 Å². The molecule has 0 radical (unpaired) electrons. The molecular formula is C10H22N2O. The van der Waals surface area contributed by atoms with E-state index in [0.717, 1.165) is 0 Å². The molecule has 0 saturated heterocycles. The number of hydrogen-bond acceptors (Lipinski definition) is 3. The van der Waals surface area contributed by atoms with Gasteiger partial charge in [-0.2, -0.15) is 0 Å². The van der Waals surface area contributed by atoms with Gasteiger partial charge in [-0.05, 0) is 12.1 Å². The smallest absolute Gasteiger partial charge is 0.0267 e. The van der Waals surface area contributed by atoms with Gasteiger partial charge < -0.3 is 5.21 Å². The predicted octanol–water partition coefficient (Wildman–Crippen LogP) is 2.73. The summed E-state index contributed by atoms with van der Waals surface area (Å²) >= 11 is 0. The number of hydrogen-bond donors (Lipinski definition) is 2. The van der Waals surface area contributed by atoms with E-state index in [1.54, 1.807) is 17.9 Å². The SMILES string of the molecule is CC.CC.CNO.c1ccncc1. The lowest BCUT2D eigenvalue weighted by Crippen LogP contribution is -1.91. The average Bonchev–Trinajstić information content (AvgIpc) is 2.27. The van der Waals surface area contributed by atoms with Gasteiger partial charge in [-0.3, -0.25) is 4.98 Å². The Balaban J connectivity index is -0.000000124. The minimum atomic E-state index is 1.43. The third kappa shape index (κ3) is 35.4. The van der Waals surface area contributed by atoms with Crippen LogP contribution in [0.25, 0.3) is 0 Å². The molecule has 3 heteroatoms. The number of aromatic nitrogens is 1. The van der Waals surface area contributed by atoms with E-state index in [1.807, 2.05) is 45.9 Å². The summed E-state index contributed by atoms with van der Waals surface area (Å²) in [4.78, 5) is 3.78. The zero-order valence-electron chi connectivity index (χ0n) is 9.28. The fourth-order valence-corrected chi connectivity index (χ4v) is 0.313. The number of nitrogens with zero attached hydrogens (tertiary/aromatic N) is 1. The highest BCUT2D eigenvalue weighted by Crippen LogP contribution is 1.73. The van der Waals surface area contributed by atoms with Gasteiger partial charge in [0.15, 0.2) is 0 Å². The largest absolute Gasteiger partial charge is 0.317 e. The Morgan fingerprint density at radius 2 is 1.23 bits per heavy atom. The fraction of sp³-hybridized carbons (Fsp3) is 0.500. The molecule has 0 aromatic carbocycles. The molecule has 1 aromatic rings. The molecule has 1 aromatic heterocycles. The van der Waals surface area contributed by atoms with E-state index in [2.05, 4.69) is 4.98 Å². The van der Waals surface area contributed by atoms with Crippen molar-refractivity contribution in [2.75, 3.05) is 7.05 Å². The van der Waals surface area contributed by atoms with Crippen molar-refractivity contribution in [1.82, 2.24) is 10.5 Å². The van der Waals surface area contributed by atoms with Crippen LogP contribution in [0.15, 0.2) is 30.6 Å². The van der Waals surface area contributed by atoms with Crippen molar-refractivity contribution in [3.63, 3.8) is 0 Å². The summed E-state index contributed by atoms with van der Waals surface area (Å²) in [6.45, 7) is 8.00. The summed E-state index contributed by atoms with van der Waals surface area (Å²) in [5, 5.41) is 7.32. The highest BCUT2D eigenvalue weighted by atomic mass is 16.5. The minimum absolute atomic E-state index is 1.43. The average molecular weight is 186 g/mol. The number of rotatable bonds is 0. The summed E-state index contributed by atoms with van der Waals surface area (Å²) in [7, 11) is 1.43. The van der Waals surface area contributed by atoms with Gasteiger partial charge in [0.1, 0.15) is 0 Å². The zero-order chi connectivity index (χ0) is 10.9. The highest BCUT2D eigenvalue weighted by molar-refractivity contribution is 4.88. The van der Waals surface area contributed by atoms with E-state index >= 15 is 0 Å². The molecular weight excluding hydrogens is 164 g/mol. The van der Waals surface area contributed by atoms with E-state index in [9.17, 15) is 0 Å². The van der Waals surface area contributed by atoms with E-state index in [1.165, 1.54) is 7.05 Å². The van der Waals surface area contributed by atoms with Crippen LogP contribution in [0.4, 0.5) is 0 Å². The van der Waals surface area contributed by atoms with Gasteiger partial charge in [0.25, 0.3) is 0 Å². The quantitative estimate of drug-likeness (QED) is 0.612. The van der Waals surface area contributed by atoms with Crippen molar-refractivity contribution in [3.05, 3.63) is 30.6 Å². The third-order valence-corrected chi connectivity index (χ3v) is 0.566. The molecule has 0 bridgehead atoms. The molecule has 13 heavy (non-hydrogen) atoms. The first kappa shape index (κ1) is 18.0. The number of nitrogens with one attached hydrogen (secondary N) is 1. The predicted molar refractivity (Wildman–Crippen MR) is 57.8 cm³/mol. The molecule has 1 rings (SSSR count). The summed E-state index contributed by atoms with van der Waals surface area (Å²) in [5.41, 5.74) is 1.75. The van der Waals surface area contributed by atoms with Gasteiger partial charge in [0.05, 0.1) is 0 Å². The number of pyridine rings is 1. The zero-order valence-corrected chi connectivity index (χ0v) is 9.28. The molecule has 2 N–H and O–H groups in total. The second-order valence-electron chi connectivity index (χ2n) is 1.25. The van der Waals surface area contributed by atoms with E-state index in [-0.39, 0.29) is 0 Å². The Morgan fingerprint density at radius 1 is 0.923 bits per heavy atom. The maximum absolute atomic E-state index is 7.32. The van der Waals surface area contributed by atoms with Crippen molar-refractivity contribution >= 4 is 0 Å². The van der Waals surface area contributed by atoms with E-state index in [4.69, 9.17) is 5.21 Å². The summed E-state index contributed by atoms with van der Waals surface area (Å²) in [6, 6.07) is 5.72. The highest BCUT2D eigenvalue weighted by Gasteiger charge is 1.58. The first-order chi connectivity index (χ1) is 6.41. The molecule has 0 unspecified atom stereocenters. The second-order valence-corrected chi connectivity index (χ2v) is 1.25. The molecule has 0 aliphatic carbocycles. The fourth-order valence-electron chi connectivity index (χ4n) is 0.313. The molecule has 0 atom stereocenters. The molecule has 0 saturated carbocycles. The van der Waals surface area contributed by atoms with Crippen LogP contribution in [0.1, 0.15) is 27.7 Å². The van der Waals surface area contributed by atoms with Crippen LogP contribution >= 0.6 is 0 Å². The van der Waals surface area contributed by atoms with Crippen LogP contribution in [0.3, 0.4) is 0 Å².